The molecule has 0 saturated heterocycles. The number of benzene rings is 3. The molecule has 1 atom stereocenters. The van der Waals surface area contributed by atoms with Crippen molar-refractivity contribution in [3.05, 3.63) is 93.2 Å². The van der Waals surface area contributed by atoms with Crippen molar-refractivity contribution in [3.63, 3.8) is 0 Å². The van der Waals surface area contributed by atoms with Gasteiger partial charge in [0.15, 0.2) is 0 Å². The minimum Gasteiger partial charge on any atom is -0.467 e. The average molecular weight is 527 g/mol. The van der Waals surface area contributed by atoms with E-state index in [9.17, 15) is 18.8 Å². The molecular weight excluding hydrogens is 506 g/mol. The third-order valence-electron chi connectivity index (χ3n) is 6.70. The molecule has 9 heteroatoms. The first-order valence-corrected chi connectivity index (χ1v) is 12.1. The number of para-hydroxylation sites is 1. The summed E-state index contributed by atoms with van der Waals surface area (Å²) in [6, 6.07) is 15.4. The molecule has 1 heterocycles. The van der Waals surface area contributed by atoms with E-state index in [0.717, 1.165) is 24.5 Å². The lowest BCUT2D eigenvalue weighted by molar-refractivity contribution is -0.142. The van der Waals surface area contributed by atoms with Crippen molar-refractivity contribution in [3.8, 4) is 0 Å². The van der Waals surface area contributed by atoms with E-state index in [1.54, 1.807) is 35.2 Å². The molecular formula is C27H21Cl2FN2O4. The lowest BCUT2D eigenvalue weighted by Crippen LogP contribution is -2.43. The molecule has 3 aromatic rings. The van der Waals surface area contributed by atoms with Crippen molar-refractivity contribution in [1.82, 2.24) is 5.32 Å². The predicted octanol–water partition coefficient (Wildman–Crippen LogP) is 5.36. The van der Waals surface area contributed by atoms with Crippen LogP contribution in [0.4, 0.5) is 15.8 Å². The number of fused-ring (bicyclic) bond motifs is 2. The van der Waals surface area contributed by atoms with E-state index in [2.05, 4.69) is 5.32 Å². The fourth-order valence-electron chi connectivity index (χ4n) is 4.71. The van der Waals surface area contributed by atoms with Gasteiger partial charge in [-0.05, 0) is 54.3 Å². The van der Waals surface area contributed by atoms with E-state index in [4.69, 9.17) is 27.9 Å². The summed E-state index contributed by atoms with van der Waals surface area (Å²) in [6.45, 7) is 0. The molecule has 0 aromatic heterocycles. The number of hydrogen-bond acceptors (Lipinski definition) is 4. The number of nitrogens with one attached hydrogen (secondary N) is 1. The maximum atomic E-state index is 14.2. The van der Waals surface area contributed by atoms with Gasteiger partial charge < -0.3 is 10.1 Å². The number of rotatable bonds is 6. The van der Waals surface area contributed by atoms with Gasteiger partial charge in [-0.2, -0.15) is 0 Å². The number of anilines is 2. The maximum absolute atomic E-state index is 14.2. The SMILES string of the molecule is COC(=O)[C@H](Cc1ccc(N2C(=O)C3(CC3)c3cccc(Cl)c32)cc1)NC(=O)c1c(F)cccc1Cl. The molecule has 3 aromatic carbocycles. The van der Waals surface area contributed by atoms with Gasteiger partial charge in [-0.1, -0.05) is 53.5 Å². The van der Waals surface area contributed by atoms with Crippen molar-refractivity contribution in [2.75, 3.05) is 12.0 Å². The molecule has 0 unspecified atom stereocenters. The number of ether oxygens (including phenoxy) is 1. The van der Waals surface area contributed by atoms with Crippen LogP contribution in [0.3, 0.4) is 0 Å². The zero-order chi connectivity index (χ0) is 25.6. The Hall–Kier alpha value is -3.42. The molecule has 1 aliphatic heterocycles. The number of carbonyl (C=O) groups is 3. The average Bonchev–Trinajstić information content (AvgIpc) is 3.62. The van der Waals surface area contributed by atoms with E-state index in [0.29, 0.717) is 22.0 Å². The molecule has 1 spiro atoms. The first kappa shape index (κ1) is 24.3. The Labute approximate surface area is 216 Å². The fourth-order valence-corrected chi connectivity index (χ4v) is 5.22. The largest absolute Gasteiger partial charge is 0.467 e. The standard InChI is InChI=1S/C27H21Cl2FN2O4/c1-36-25(34)21(31-24(33)22-18(28)5-3-7-20(22)30)14-15-8-10-16(11-9-15)32-23-17(4-2-6-19(23)29)27(12-13-27)26(32)35/h2-11,21H,12-14H2,1H3,(H,31,33)/t21-/m0/s1. The second-order valence-corrected chi connectivity index (χ2v) is 9.69. The highest BCUT2D eigenvalue weighted by Gasteiger charge is 2.60. The van der Waals surface area contributed by atoms with Crippen LogP contribution in [0.5, 0.6) is 0 Å². The molecule has 5 rings (SSSR count). The van der Waals surface area contributed by atoms with Crippen LogP contribution in [0.1, 0.15) is 34.3 Å². The van der Waals surface area contributed by atoms with Crippen molar-refractivity contribution in [2.45, 2.75) is 30.7 Å². The second-order valence-electron chi connectivity index (χ2n) is 8.88. The molecule has 2 amide bonds. The van der Waals surface area contributed by atoms with Gasteiger partial charge >= 0.3 is 5.97 Å². The number of methoxy groups -OCH3 is 1. The Morgan fingerprint density at radius 2 is 1.72 bits per heavy atom. The van der Waals surface area contributed by atoms with Gasteiger partial charge in [-0.15, -0.1) is 0 Å². The fraction of sp³-hybridized carbons (Fsp3) is 0.222. The first-order valence-electron chi connectivity index (χ1n) is 11.3. The quantitative estimate of drug-likeness (QED) is 0.439. The molecule has 2 aliphatic rings. The van der Waals surface area contributed by atoms with Gasteiger partial charge in [-0.3, -0.25) is 14.5 Å². The van der Waals surface area contributed by atoms with E-state index >= 15 is 0 Å². The topological polar surface area (TPSA) is 75.7 Å². The summed E-state index contributed by atoms with van der Waals surface area (Å²) in [6.07, 6.45) is 1.67. The van der Waals surface area contributed by atoms with Gasteiger partial charge in [0, 0.05) is 12.1 Å². The van der Waals surface area contributed by atoms with Gasteiger partial charge in [0.05, 0.1) is 33.8 Å². The molecule has 1 N–H and O–H groups in total. The van der Waals surface area contributed by atoms with Crippen LogP contribution in [0, 0.1) is 5.82 Å². The van der Waals surface area contributed by atoms with Crippen molar-refractivity contribution < 1.29 is 23.5 Å². The lowest BCUT2D eigenvalue weighted by Gasteiger charge is -2.20. The highest BCUT2D eigenvalue weighted by molar-refractivity contribution is 6.36. The molecule has 1 fully saturated rings. The number of nitrogens with zero attached hydrogens (tertiary/aromatic N) is 1. The van der Waals surface area contributed by atoms with Gasteiger partial charge in [0.25, 0.3) is 5.91 Å². The van der Waals surface area contributed by atoms with E-state index in [1.165, 1.54) is 19.2 Å². The van der Waals surface area contributed by atoms with Gasteiger partial charge in [0.2, 0.25) is 5.91 Å². The van der Waals surface area contributed by atoms with E-state index in [1.807, 2.05) is 12.1 Å². The Balaban J connectivity index is 1.38. The number of esters is 1. The summed E-state index contributed by atoms with van der Waals surface area (Å²) in [4.78, 5) is 40.0. The van der Waals surface area contributed by atoms with Crippen LogP contribution in [-0.4, -0.2) is 30.9 Å². The molecule has 0 radical (unpaired) electrons. The minimum absolute atomic E-state index is 0.000169. The Morgan fingerprint density at radius 1 is 1.06 bits per heavy atom. The van der Waals surface area contributed by atoms with E-state index < -0.39 is 29.2 Å². The van der Waals surface area contributed by atoms with Crippen molar-refractivity contribution in [2.24, 2.45) is 0 Å². The van der Waals surface area contributed by atoms with Crippen molar-refractivity contribution >= 4 is 52.4 Å². The number of amides is 2. The summed E-state index contributed by atoms with van der Waals surface area (Å²) >= 11 is 12.5. The number of hydrogen-bond donors (Lipinski definition) is 1. The number of halogens is 3. The van der Waals surface area contributed by atoms with Crippen LogP contribution < -0.4 is 10.2 Å². The highest BCUT2D eigenvalue weighted by atomic mass is 35.5. The molecule has 1 aliphatic carbocycles. The third-order valence-corrected chi connectivity index (χ3v) is 7.32. The summed E-state index contributed by atoms with van der Waals surface area (Å²) < 4.78 is 19.0. The molecule has 36 heavy (non-hydrogen) atoms. The highest BCUT2D eigenvalue weighted by Crippen LogP contribution is 2.60. The minimum atomic E-state index is -1.08. The molecule has 1 saturated carbocycles. The summed E-state index contributed by atoms with van der Waals surface area (Å²) in [5.41, 5.74) is 2.16. The molecule has 6 nitrogen and oxygen atoms in total. The monoisotopic (exact) mass is 526 g/mol. The van der Waals surface area contributed by atoms with Crippen LogP contribution >= 0.6 is 23.2 Å². The lowest BCUT2D eigenvalue weighted by atomic mass is 9.98. The van der Waals surface area contributed by atoms with Crippen molar-refractivity contribution in [1.29, 1.82) is 0 Å². The molecule has 184 valence electrons. The van der Waals surface area contributed by atoms with E-state index in [-0.39, 0.29) is 22.9 Å². The summed E-state index contributed by atoms with van der Waals surface area (Å²) in [5, 5.41) is 2.95. The third kappa shape index (κ3) is 4.02. The Kier molecular flexibility index (Phi) is 6.22. The zero-order valence-electron chi connectivity index (χ0n) is 19.2. The second kappa shape index (κ2) is 9.22. The van der Waals surface area contributed by atoms with Crippen LogP contribution in [0.25, 0.3) is 0 Å². The zero-order valence-corrected chi connectivity index (χ0v) is 20.7. The normalized spacial score (nSPS) is 16.0. The number of carbonyl (C=O) groups excluding carboxylic acids is 3. The van der Waals surface area contributed by atoms with Gasteiger partial charge in [0.1, 0.15) is 11.9 Å². The van der Waals surface area contributed by atoms with Crippen LogP contribution in [0.15, 0.2) is 60.7 Å². The summed E-state index contributed by atoms with van der Waals surface area (Å²) in [5.74, 6) is -2.31. The molecule has 0 bridgehead atoms. The van der Waals surface area contributed by atoms with Gasteiger partial charge in [-0.25, -0.2) is 9.18 Å². The Morgan fingerprint density at radius 3 is 2.36 bits per heavy atom. The first-order chi connectivity index (χ1) is 17.3. The Bertz CT molecular complexity index is 1370. The maximum Gasteiger partial charge on any atom is 0.328 e. The smallest absolute Gasteiger partial charge is 0.328 e. The summed E-state index contributed by atoms with van der Waals surface area (Å²) in [7, 11) is 1.20. The predicted molar refractivity (Wildman–Crippen MR) is 134 cm³/mol. The van der Waals surface area contributed by atoms with Crippen LogP contribution in [0.2, 0.25) is 10.0 Å². The van der Waals surface area contributed by atoms with Crippen LogP contribution in [-0.2, 0) is 26.2 Å².